The molecule has 0 saturated heterocycles. The average molecular weight is 548 g/mol. The number of rotatable bonds is 21. The van der Waals surface area contributed by atoms with E-state index in [1.165, 1.54) is 12.8 Å². The zero-order chi connectivity index (χ0) is 24.1. The molecule has 10 heteroatoms. The van der Waals surface area contributed by atoms with E-state index in [0.717, 1.165) is 63.4 Å². The average Bonchev–Trinajstić information content (AvgIpc) is 2.85. The normalized spacial score (nSPS) is 11.0. The minimum absolute atomic E-state index is 0.629. The Bertz CT molecular complexity index is 679. The Hall–Kier alpha value is -0.900. The maximum atomic E-state index is 5.81. The van der Waals surface area contributed by atoms with Gasteiger partial charge in [0.1, 0.15) is 0 Å². The van der Waals surface area contributed by atoms with E-state index in [4.69, 9.17) is 32.7 Å². The van der Waals surface area contributed by atoms with Crippen molar-refractivity contribution in [2.24, 2.45) is 0 Å². The summed E-state index contributed by atoms with van der Waals surface area (Å²) in [5, 5.41) is 8.28. The summed E-state index contributed by atoms with van der Waals surface area (Å²) in [6, 6.07) is 7.19. The van der Waals surface area contributed by atoms with E-state index < -0.39 is 0 Å². The van der Waals surface area contributed by atoms with Crippen LogP contribution in [0.5, 0.6) is 11.8 Å². The number of hydrogen-bond donors (Lipinski definition) is 2. The topological polar surface area (TPSA) is 68.3 Å². The molecular weight excluding hydrogens is 511 g/mol. The van der Waals surface area contributed by atoms with Gasteiger partial charge in [-0.1, -0.05) is 44.8 Å². The van der Waals surface area contributed by atoms with Crippen molar-refractivity contribution < 1.29 is 9.47 Å². The van der Waals surface area contributed by atoms with Gasteiger partial charge in [-0.2, -0.15) is 0 Å². The van der Waals surface area contributed by atoms with Crippen LogP contribution in [0.15, 0.2) is 36.7 Å². The van der Waals surface area contributed by atoms with E-state index in [1.807, 2.05) is 21.6 Å². The fourth-order valence-corrected chi connectivity index (χ4v) is 5.02. The molecule has 2 aromatic rings. The van der Waals surface area contributed by atoms with Crippen LogP contribution in [0.4, 0.5) is 0 Å². The van der Waals surface area contributed by atoms with Crippen LogP contribution in [0, 0.1) is 0 Å². The van der Waals surface area contributed by atoms with E-state index in [0.29, 0.717) is 35.0 Å². The zero-order valence-corrected chi connectivity index (χ0v) is 22.8. The smallest absolute Gasteiger partial charge is 0.213 e. The first-order valence-electron chi connectivity index (χ1n) is 11.9. The first-order valence-corrected chi connectivity index (χ1v) is 15.1. The van der Waals surface area contributed by atoms with Crippen molar-refractivity contribution in [3.63, 3.8) is 0 Å². The monoisotopic (exact) mass is 546 g/mol. The third-order valence-corrected chi connectivity index (χ3v) is 7.56. The van der Waals surface area contributed by atoms with E-state index >= 15 is 0 Å². The van der Waals surface area contributed by atoms with Gasteiger partial charge in [0.05, 0.1) is 23.3 Å². The molecule has 0 aliphatic rings. The highest BCUT2D eigenvalue weighted by Gasteiger charge is 1.98. The van der Waals surface area contributed by atoms with Crippen molar-refractivity contribution in [2.45, 2.75) is 38.5 Å². The Morgan fingerprint density at radius 3 is 1.50 bits per heavy atom. The molecule has 0 radical (unpaired) electrons. The number of ether oxygens (including phenoxy) is 2. The zero-order valence-electron chi connectivity index (χ0n) is 19.6. The van der Waals surface area contributed by atoms with Gasteiger partial charge in [0.25, 0.3) is 0 Å². The van der Waals surface area contributed by atoms with Gasteiger partial charge in [0, 0.05) is 49.1 Å². The number of nitrogens with zero attached hydrogens (tertiary/aromatic N) is 2. The number of nitrogens with one attached hydrogen (secondary N) is 2. The number of unbranched alkanes of at least 4 members (excludes halogenated alkanes) is 4. The highest BCUT2D eigenvalue weighted by Crippen LogP contribution is 2.19. The van der Waals surface area contributed by atoms with Crippen molar-refractivity contribution in [2.75, 3.05) is 50.9 Å². The van der Waals surface area contributed by atoms with E-state index in [2.05, 4.69) is 20.6 Å². The van der Waals surface area contributed by atoms with E-state index in [9.17, 15) is 0 Å². The van der Waals surface area contributed by atoms with Gasteiger partial charge >= 0.3 is 0 Å². The Morgan fingerprint density at radius 1 is 0.618 bits per heavy atom. The molecule has 0 atom stereocenters. The van der Waals surface area contributed by atoms with Crippen LogP contribution in [0.25, 0.3) is 0 Å². The Morgan fingerprint density at radius 2 is 1.09 bits per heavy atom. The Balaban J connectivity index is 1.22. The van der Waals surface area contributed by atoms with Gasteiger partial charge in [-0.15, -0.1) is 0 Å². The van der Waals surface area contributed by atoms with Crippen molar-refractivity contribution in [3.8, 4) is 11.8 Å². The summed E-state index contributed by atoms with van der Waals surface area (Å²) in [6.45, 7) is 5.64. The third-order valence-electron chi connectivity index (χ3n) is 4.70. The number of hydrogen-bond acceptors (Lipinski definition) is 8. The van der Waals surface area contributed by atoms with Crippen LogP contribution in [-0.4, -0.2) is 60.9 Å². The molecule has 0 aromatic carbocycles. The molecule has 2 aromatic heterocycles. The molecule has 2 heterocycles. The van der Waals surface area contributed by atoms with Gasteiger partial charge in [0.15, 0.2) is 0 Å². The van der Waals surface area contributed by atoms with Gasteiger partial charge in [-0.25, -0.2) is 9.97 Å². The Labute approximate surface area is 222 Å². The quantitative estimate of drug-likeness (QED) is 0.143. The van der Waals surface area contributed by atoms with Crippen LogP contribution < -0.4 is 20.1 Å². The molecule has 0 amide bonds. The predicted octanol–water partition coefficient (Wildman–Crippen LogP) is 6.14. The summed E-state index contributed by atoms with van der Waals surface area (Å²) >= 11 is 11.6. The summed E-state index contributed by atoms with van der Waals surface area (Å²) in [5.74, 6) is 3.56. The highest BCUT2D eigenvalue weighted by molar-refractivity contribution is 8.76. The van der Waals surface area contributed by atoms with Crippen LogP contribution >= 0.6 is 44.8 Å². The summed E-state index contributed by atoms with van der Waals surface area (Å²) in [6.07, 6.45) is 9.94. The molecule has 0 fully saturated rings. The van der Waals surface area contributed by atoms with Crippen LogP contribution in [0.3, 0.4) is 0 Å². The van der Waals surface area contributed by atoms with Crippen molar-refractivity contribution in [3.05, 3.63) is 46.7 Å². The lowest BCUT2D eigenvalue weighted by atomic mass is 10.2. The first-order chi connectivity index (χ1) is 16.7. The molecule has 2 N–H and O–H groups in total. The van der Waals surface area contributed by atoms with Crippen molar-refractivity contribution >= 4 is 44.8 Å². The van der Waals surface area contributed by atoms with Crippen LogP contribution in [-0.2, 0) is 0 Å². The molecule has 0 aliphatic heterocycles. The molecule has 0 spiro atoms. The van der Waals surface area contributed by atoms with Gasteiger partial charge in [-0.3, -0.25) is 0 Å². The van der Waals surface area contributed by atoms with Crippen molar-refractivity contribution in [1.82, 2.24) is 20.6 Å². The second kappa shape index (κ2) is 20.3. The van der Waals surface area contributed by atoms with Gasteiger partial charge < -0.3 is 20.1 Å². The van der Waals surface area contributed by atoms with E-state index in [-0.39, 0.29) is 0 Å². The van der Waals surface area contributed by atoms with E-state index in [1.54, 1.807) is 36.7 Å². The fourth-order valence-electron chi connectivity index (χ4n) is 2.90. The number of aromatic nitrogens is 2. The van der Waals surface area contributed by atoms with Gasteiger partial charge in [-0.05, 0) is 63.7 Å². The maximum absolute atomic E-state index is 5.81. The maximum Gasteiger partial charge on any atom is 0.213 e. The lowest BCUT2D eigenvalue weighted by Crippen LogP contribution is -2.19. The fraction of sp³-hybridized carbons (Fsp3) is 0.583. The molecule has 0 saturated carbocycles. The molecule has 0 bridgehead atoms. The Kier molecular flexibility index (Phi) is 17.5. The number of pyridine rings is 2. The first kappa shape index (κ1) is 29.3. The molecule has 2 rings (SSSR count). The van der Waals surface area contributed by atoms with Gasteiger partial charge in [0.2, 0.25) is 11.8 Å². The van der Waals surface area contributed by atoms with Crippen LogP contribution in [0.1, 0.15) is 38.5 Å². The predicted molar refractivity (Wildman–Crippen MR) is 148 cm³/mol. The number of halogens is 2. The SMILES string of the molecule is Clc1ccc(OCCCCCNCCSSCCNCCCCCOc2ccc(Cl)cn2)nc1. The summed E-state index contributed by atoms with van der Waals surface area (Å²) < 4.78 is 11.2. The second-order valence-electron chi connectivity index (χ2n) is 7.59. The minimum Gasteiger partial charge on any atom is -0.478 e. The molecular formula is C24H36Cl2N4O2S2. The van der Waals surface area contributed by atoms with Crippen LogP contribution in [0.2, 0.25) is 10.0 Å². The van der Waals surface area contributed by atoms with Crippen molar-refractivity contribution in [1.29, 1.82) is 0 Å². The molecule has 6 nitrogen and oxygen atoms in total. The second-order valence-corrected chi connectivity index (χ2v) is 11.2. The summed E-state index contributed by atoms with van der Waals surface area (Å²) in [7, 11) is 3.89. The standard InChI is InChI=1S/C24H36Cl2N4O2S2/c25-21-7-9-23(29-19-21)31-15-5-1-3-11-27-13-17-33-34-18-14-28-12-4-2-6-16-32-24-10-8-22(26)20-30-24/h7-10,19-20,27-28H,1-6,11-18H2. The largest absolute Gasteiger partial charge is 0.478 e. The molecule has 190 valence electrons. The minimum atomic E-state index is 0.629. The summed E-state index contributed by atoms with van der Waals surface area (Å²) in [4.78, 5) is 8.24. The highest BCUT2D eigenvalue weighted by atomic mass is 35.5. The summed E-state index contributed by atoms with van der Waals surface area (Å²) in [5.41, 5.74) is 0. The lowest BCUT2D eigenvalue weighted by molar-refractivity contribution is 0.293. The third kappa shape index (κ3) is 15.9. The molecule has 0 unspecified atom stereocenters. The lowest BCUT2D eigenvalue weighted by Gasteiger charge is -2.07. The molecule has 0 aliphatic carbocycles. The molecule has 34 heavy (non-hydrogen) atoms.